The summed E-state index contributed by atoms with van der Waals surface area (Å²) in [6, 6.07) is 4.17. The molecular weight excluding hydrogens is 545 g/mol. The number of amides is 2. The van der Waals surface area contributed by atoms with Crippen molar-refractivity contribution < 1.29 is 20.5 Å². The summed E-state index contributed by atoms with van der Waals surface area (Å²) in [4.78, 5) is 36.2. The van der Waals surface area contributed by atoms with Crippen molar-refractivity contribution in [3.63, 3.8) is 0 Å². The van der Waals surface area contributed by atoms with Gasteiger partial charge in [-0.3, -0.25) is 19.7 Å². The number of halogens is 1. The van der Waals surface area contributed by atoms with Gasteiger partial charge in [-0.25, -0.2) is 6.14 Å². The van der Waals surface area contributed by atoms with Crippen LogP contribution in [0.3, 0.4) is 0 Å². The molecule has 0 aromatic heterocycles. The van der Waals surface area contributed by atoms with Crippen LogP contribution in [-0.2, 0) is 10.9 Å². The smallest absolute Gasteiger partial charge is 0.294 e. The van der Waals surface area contributed by atoms with Crippen LogP contribution in [0.2, 0.25) is 0 Å². The zero-order chi connectivity index (χ0) is 25.2. The predicted molar refractivity (Wildman–Crippen MR) is 143 cm³/mol. The lowest BCUT2D eigenvalue weighted by Crippen LogP contribution is -2.31. The molecule has 34 heavy (non-hydrogen) atoms. The minimum atomic E-state index is -4.10. The van der Waals surface area contributed by atoms with Crippen molar-refractivity contribution in [2.24, 2.45) is 0 Å². The molecule has 0 atom stereocenters. The van der Waals surface area contributed by atoms with Gasteiger partial charge in [-0.1, -0.05) is 109 Å². The Kier molecular flexibility index (Phi) is 16.7. The lowest BCUT2D eigenvalue weighted by Gasteiger charge is -2.08. The molecule has 1 aromatic rings. The molecule has 6 nitrogen and oxygen atoms in total. The molecule has 1 rings (SSSR count). The second kappa shape index (κ2) is 18.7. The number of rotatable bonds is 19. The Morgan fingerprint density at radius 1 is 0.706 bits per heavy atom. The summed E-state index contributed by atoms with van der Waals surface area (Å²) in [5.41, 5.74) is -0.134. The summed E-state index contributed by atoms with van der Waals surface area (Å²) >= 11 is -4.10. The van der Waals surface area contributed by atoms with Gasteiger partial charge in [0.15, 0.2) is 5.78 Å². The summed E-state index contributed by atoms with van der Waals surface area (Å²) in [5.74, 6) is -1.61. The molecule has 7 heteroatoms. The van der Waals surface area contributed by atoms with Gasteiger partial charge in [0.2, 0.25) is 5.91 Å². The molecule has 0 bridgehead atoms. The van der Waals surface area contributed by atoms with Crippen molar-refractivity contribution in [3.8, 4) is 0 Å². The maximum absolute atomic E-state index is 12.4. The zero-order valence-corrected chi connectivity index (χ0v) is 23.1. The van der Waals surface area contributed by atoms with E-state index in [1.54, 1.807) is 0 Å². The Labute approximate surface area is 212 Å². The first kappa shape index (κ1) is 30.4. The summed E-state index contributed by atoms with van der Waals surface area (Å²) in [7, 11) is 0. The van der Waals surface area contributed by atoms with E-state index in [1.807, 2.05) is 0 Å². The molecule has 1 aromatic carbocycles. The van der Waals surface area contributed by atoms with Crippen molar-refractivity contribution in [1.82, 2.24) is 5.32 Å². The van der Waals surface area contributed by atoms with E-state index in [0.717, 1.165) is 12.8 Å². The van der Waals surface area contributed by atoms with Gasteiger partial charge in [0.25, 0.3) is 5.91 Å². The maximum Gasteiger partial charge on any atom is 0.342 e. The van der Waals surface area contributed by atoms with Gasteiger partial charge in [0, 0.05) is 12.0 Å². The number of Topliss-reactive ketones (excluding diaryl/α,β-unsaturated/α-hetero) is 1. The molecule has 0 fully saturated rings. The molecule has 0 saturated heterocycles. The van der Waals surface area contributed by atoms with Gasteiger partial charge in [-0.15, -0.1) is 0 Å². The molecule has 2 amide bonds. The lowest BCUT2D eigenvalue weighted by atomic mass is 10.0. The summed E-state index contributed by atoms with van der Waals surface area (Å²) in [6.45, 7) is 3.50. The molecule has 192 valence electrons. The fourth-order valence-corrected chi connectivity index (χ4v) is 5.99. The van der Waals surface area contributed by atoms with Gasteiger partial charge in [-0.2, -0.15) is 0 Å². The van der Waals surface area contributed by atoms with Crippen LogP contribution in [0, 0.1) is 3.57 Å². The van der Waals surface area contributed by atoms with E-state index in [9.17, 15) is 20.5 Å². The van der Waals surface area contributed by atoms with Crippen molar-refractivity contribution >= 4 is 37.4 Å². The number of unbranched alkanes of at least 4 members (excludes halogenated alkanes) is 14. The monoisotopic (exact) mass is 587 g/mol. The largest absolute Gasteiger partial charge is 0.342 e. The normalized spacial score (nSPS) is 11.0. The number of hydrogen-bond acceptors (Lipinski definition) is 5. The van der Waals surface area contributed by atoms with Gasteiger partial charge in [0.05, 0.1) is 9.13 Å². The third-order valence-electron chi connectivity index (χ3n) is 6.04. The average molecular weight is 588 g/mol. The van der Waals surface area contributed by atoms with E-state index in [-0.39, 0.29) is 21.1 Å². The molecule has 0 heterocycles. The highest BCUT2D eigenvalue weighted by Crippen LogP contribution is 2.26. The fourth-order valence-electron chi connectivity index (χ4n) is 4.06. The molecule has 1 N–H and O–H groups in total. The van der Waals surface area contributed by atoms with Crippen molar-refractivity contribution in [3.05, 3.63) is 32.9 Å². The standard InChI is InChI=1S/C27H42INO5/c1-3-4-5-6-7-8-9-10-11-12-13-14-15-16-17-21-25(31)29-27(32)24-20-18-19-23(22(2)30)26(24)28(33)34/h18-20H,3-17,21H2,1-2H3,(H,29,31,32). The topological polar surface area (TPSA) is 97.4 Å². The highest BCUT2D eigenvalue weighted by Gasteiger charge is 2.22. The summed E-state index contributed by atoms with van der Waals surface area (Å²) < 4.78 is 23.1. The van der Waals surface area contributed by atoms with Crippen LogP contribution in [0.5, 0.6) is 0 Å². The highest BCUT2D eigenvalue weighted by molar-refractivity contribution is 14.2. The van der Waals surface area contributed by atoms with Gasteiger partial charge in [0.1, 0.15) is 0 Å². The second-order valence-electron chi connectivity index (χ2n) is 9.02. The third-order valence-corrected chi connectivity index (χ3v) is 8.08. The van der Waals surface area contributed by atoms with Crippen LogP contribution in [0.1, 0.15) is 137 Å². The van der Waals surface area contributed by atoms with Crippen LogP contribution < -0.4 is 5.32 Å². The average Bonchev–Trinajstić information content (AvgIpc) is 2.80. The zero-order valence-electron chi connectivity index (χ0n) is 21.0. The van der Waals surface area contributed by atoms with E-state index < -0.39 is 37.4 Å². The molecular formula is C27H42INO5. The Morgan fingerprint density at radius 2 is 1.15 bits per heavy atom. The van der Waals surface area contributed by atoms with E-state index in [0.29, 0.717) is 6.42 Å². The molecule has 0 unspecified atom stereocenters. The van der Waals surface area contributed by atoms with Crippen molar-refractivity contribution in [1.29, 1.82) is 0 Å². The van der Waals surface area contributed by atoms with E-state index in [2.05, 4.69) is 12.2 Å². The van der Waals surface area contributed by atoms with Crippen LogP contribution in [0.15, 0.2) is 18.2 Å². The number of hydrogen-bond donors (Lipinski definition) is 1. The molecule has 0 spiro atoms. The number of nitrogens with one attached hydrogen (secondary N) is 1. The van der Waals surface area contributed by atoms with Crippen LogP contribution in [-0.4, -0.2) is 17.6 Å². The van der Waals surface area contributed by atoms with Crippen LogP contribution in [0.25, 0.3) is 0 Å². The highest BCUT2D eigenvalue weighted by atomic mass is 127. The molecule has 0 aliphatic rings. The van der Waals surface area contributed by atoms with Gasteiger partial charge in [-0.05, 0) is 19.4 Å². The van der Waals surface area contributed by atoms with Crippen LogP contribution in [0.4, 0.5) is 0 Å². The predicted octanol–water partition coefficient (Wildman–Crippen LogP) is 7.77. The molecule has 0 aliphatic heterocycles. The molecule has 0 saturated carbocycles. The molecule has 0 aliphatic carbocycles. The van der Waals surface area contributed by atoms with Gasteiger partial charge >= 0.3 is 19.8 Å². The van der Waals surface area contributed by atoms with E-state index >= 15 is 0 Å². The number of benzene rings is 1. The second-order valence-corrected chi connectivity index (χ2v) is 11.3. The first-order chi connectivity index (χ1) is 16.4. The SMILES string of the molecule is CCCCCCCCCCCCCCCCCC(=O)NC(=O)c1cccc(C(C)=O)c1I(=O)=O. The quantitative estimate of drug-likeness (QED) is 0.101. The minimum absolute atomic E-state index is 0.00212. The van der Waals surface area contributed by atoms with Crippen LogP contribution >= 0.6 is 19.8 Å². The number of ketones is 1. The first-order valence-corrected chi connectivity index (χ1v) is 15.8. The molecule has 0 radical (unpaired) electrons. The third kappa shape index (κ3) is 12.7. The Morgan fingerprint density at radius 3 is 1.59 bits per heavy atom. The maximum atomic E-state index is 12.4. The number of imide groups is 1. The fraction of sp³-hybridized carbons (Fsp3) is 0.667. The number of carbonyl (C=O) groups excluding carboxylic acids is 3. The van der Waals surface area contributed by atoms with E-state index in [1.165, 1.54) is 102 Å². The Hall–Kier alpha value is -1.64. The summed E-state index contributed by atoms with van der Waals surface area (Å²) in [6.07, 6.45) is 18.8. The Balaban J connectivity index is 2.15. The lowest BCUT2D eigenvalue weighted by molar-refractivity contribution is -0.120. The first-order valence-electron chi connectivity index (χ1n) is 12.9. The van der Waals surface area contributed by atoms with E-state index in [4.69, 9.17) is 0 Å². The minimum Gasteiger partial charge on any atom is -0.294 e. The Bertz CT molecular complexity index is 839. The van der Waals surface area contributed by atoms with Crippen molar-refractivity contribution in [2.75, 3.05) is 0 Å². The summed E-state index contributed by atoms with van der Waals surface area (Å²) in [5, 5.41) is 2.27. The van der Waals surface area contributed by atoms with Gasteiger partial charge < -0.3 is 0 Å². The number of carbonyl (C=O) groups is 3. The van der Waals surface area contributed by atoms with Crippen molar-refractivity contribution in [2.45, 2.75) is 117 Å².